The van der Waals surface area contributed by atoms with Gasteiger partial charge in [0.05, 0.1) is 59.1 Å². The zero-order valence-corrected chi connectivity index (χ0v) is 31.9. The molecule has 55 heavy (non-hydrogen) atoms. The van der Waals surface area contributed by atoms with Gasteiger partial charge in [0, 0.05) is 87.3 Å². The van der Waals surface area contributed by atoms with Crippen molar-refractivity contribution in [2.45, 2.75) is 32.1 Å². The van der Waals surface area contributed by atoms with Gasteiger partial charge in [-0.3, -0.25) is 14.6 Å². The Balaban J connectivity index is 0.766. The number of benzene rings is 3. The molecular formula is C41H44Cl2N6O6. The number of nitrogens with one attached hydrogen (secondary N) is 3. The lowest BCUT2D eigenvalue weighted by atomic mass is 10.1. The Morgan fingerprint density at radius 2 is 1.51 bits per heavy atom. The van der Waals surface area contributed by atoms with Crippen molar-refractivity contribution in [2.24, 2.45) is 0 Å². The number of hydrogen-bond acceptors (Lipinski definition) is 8. The van der Waals surface area contributed by atoms with Gasteiger partial charge in [0.2, 0.25) is 5.91 Å². The summed E-state index contributed by atoms with van der Waals surface area (Å²) in [6.45, 7) is 4.07. The number of fused-ring (bicyclic) bond motifs is 3. The Morgan fingerprint density at radius 3 is 2.25 bits per heavy atom. The highest BCUT2D eigenvalue weighted by Crippen LogP contribution is 2.30. The molecule has 3 aromatic carbocycles. The summed E-state index contributed by atoms with van der Waals surface area (Å²) in [7, 11) is 0. The highest BCUT2D eigenvalue weighted by molar-refractivity contribution is 6.35. The SMILES string of the molecule is O=C(CCc1ccc2c(c1)[nH]c1ccncc12)NCCOCCOCCOCCNC(=O)c1ccc(COC(Cn2ccnc2)c2ccc(Cl)cc2Cl)cc1. The topological polar surface area (TPSA) is 142 Å². The van der Waals surface area contributed by atoms with E-state index in [4.69, 9.17) is 42.1 Å². The Hall–Kier alpha value is -4.82. The van der Waals surface area contributed by atoms with Crippen LogP contribution < -0.4 is 10.6 Å². The first-order valence-corrected chi connectivity index (χ1v) is 18.9. The van der Waals surface area contributed by atoms with Crippen LogP contribution >= 0.6 is 23.2 Å². The van der Waals surface area contributed by atoms with Gasteiger partial charge in [0.25, 0.3) is 5.91 Å². The molecule has 0 aliphatic carbocycles. The number of aryl methyl sites for hydroxylation is 1. The third kappa shape index (κ3) is 12.1. The molecule has 288 valence electrons. The van der Waals surface area contributed by atoms with Crippen molar-refractivity contribution in [3.05, 3.63) is 130 Å². The summed E-state index contributed by atoms with van der Waals surface area (Å²) >= 11 is 12.6. The van der Waals surface area contributed by atoms with Gasteiger partial charge in [-0.25, -0.2) is 4.98 Å². The van der Waals surface area contributed by atoms with E-state index >= 15 is 0 Å². The van der Waals surface area contributed by atoms with Crippen molar-refractivity contribution >= 4 is 56.8 Å². The van der Waals surface area contributed by atoms with Crippen LogP contribution in [0.4, 0.5) is 0 Å². The summed E-state index contributed by atoms with van der Waals surface area (Å²) in [5.74, 6) is -0.199. The lowest BCUT2D eigenvalue weighted by Crippen LogP contribution is -2.28. The highest BCUT2D eigenvalue weighted by Gasteiger charge is 2.17. The molecule has 2 amide bonds. The average molecular weight is 788 g/mol. The first kappa shape index (κ1) is 39.9. The predicted octanol–water partition coefficient (Wildman–Crippen LogP) is 6.71. The number of aromatic nitrogens is 4. The van der Waals surface area contributed by atoms with Crippen molar-refractivity contribution in [1.29, 1.82) is 0 Å². The summed E-state index contributed by atoms with van der Waals surface area (Å²) in [5, 5.41) is 9.08. The molecule has 14 heteroatoms. The third-order valence-corrected chi connectivity index (χ3v) is 9.42. The van der Waals surface area contributed by atoms with Crippen LogP contribution in [0.5, 0.6) is 0 Å². The number of H-pyrrole nitrogens is 1. The first-order chi connectivity index (χ1) is 26.9. The number of halogens is 2. The van der Waals surface area contributed by atoms with Gasteiger partial charge in [-0.15, -0.1) is 0 Å². The van der Waals surface area contributed by atoms with Crippen molar-refractivity contribution in [3.63, 3.8) is 0 Å². The molecule has 1 atom stereocenters. The van der Waals surface area contributed by atoms with Crippen LogP contribution in [0.2, 0.25) is 10.0 Å². The van der Waals surface area contributed by atoms with E-state index in [9.17, 15) is 9.59 Å². The fourth-order valence-electron chi connectivity index (χ4n) is 5.98. The first-order valence-electron chi connectivity index (χ1n) is 18.2. The normalized spacial score (nSPS) is 12.0. The monoisotopic (exact) mass is 786 g/mol. The molecular weight excluding hydrogens is 743 g/mol. The molecule has 3 N–H and O–H groups in total. The molecule has 0 fully saturated rings. The molecule has 0 radical (unpaired) electrons. The van der Waals surface area contributed by atoms with Crippen LogP contribution in [0.25, 0.3) is 21.8 Å². The zero-order chi connectivity index (χ0) is 38.2. The van der Waals surface area contributed by atoms with E-state index in [0.717, 1.165) is 38.5 Å². The van der Waals surface area contributed by atoms with Crippen LogP contribution in [-0.4, -0.2) is 84.1 Å². The average Bonchev–Trinajstić information content (AvgIpc) is 3.85. The van der Waals surface area contributed by atoms with Crippen molar-refractivity contribution < 1.29 is 28.5 Å². The molecule has 0 spiro atoms. The van der Waals surface area contributed by atoms with Gasteiger partial charge in [-0.1, -0.05) is 53.5 Å². The lowest BCUT2D eigenvalue weighted by molar-refractivity contribution is -0.121. The number of carbonyl (C=O) groups excluding carboxylic acids is 2. The van der Waals surface area contributed by atoms with E-state index in [0.29, 0.717) is 94.3 Å². The Labute approximate surface area is 329 Å². The smallest absolute Gasteiger partial charge is 0.251 e. The summed E-state index contributed by atoms with van der Waals surface area (Å²) in [5.41, 5.74) is 5.48. The second-order valence-corrected chi connectivity index (χ2v) is 13.6. The van der Waals surface area contributed by atoms with Gasteiger partial charge in [0.1, 0.15) is 6.10 Å². The minimum Gasteiger partial charge on any atom is -0.377 e. The largest absolute Gasteiger partial charge is 0.377 e. The Morgan fingerprint density at radius 1 is 0.764 bits per heavy atom. The van der Waals surface area contributed by atoms with Gasteiger partial charge in [0.15, 0.2) is 0 Å². The van der Waals surface area contributed by atoms with E-state index in [2.05, 4.69) is 43.8 Å². The quantitative estimate of drug-likeness (QED) is 0.0646. The molecule has 6 rings (SSSR count). The maximum Gasteiger partial charge on any atom is 0.251 e. The van der Waals surface area contributed by atoms with E-state index in [1.54, 1.807) is 43.0 Å². The lowest BCUT2D eigenvalue weighted by Gasteiger charge is -2.20. The van der Waals surface area contributed by atoms with Crippen LogP contribution in [0.15, 0.2) is 97.8 Å². The number of pyridine rings is 1. The van der Waals surface area contributed by atoms with Gasteiger partial charge >= 0.3 is 0 Å². The van der Waals surface area contributed by atoms with Gasteiger partial charge in [-0.05, 0) is 53.9 Å². The minimum atomic E-state index is -0.332. The van der Waals surface area contributed by atoms with Crippen molar-refractivity contribution in [1.82, 2.24) is 30.2 Å². The number of nitrogens with zero attached hydrogens (tertiary/aromatic N) is 3. The maximum absolute atomic E-state index is 12.6. The molecule has 0 aliphatic rings. The minimum absolute atomic E-state index is 0.0121. The predicted molar refractivity (Wildman–Crippen MR) is 212 cm³/mol. The van der Waals surface area contributed by atoms with Crippen molar-refractivity contribution in [3.8, 4) is 0 Å². The molecule has 0 saturated heterocycles. The number of amides is 2. The maximum atomic E-state index is 12.6. The Bertz CT molecular complexity index is 2130. The van der Waals surface area contributed by atoms with Crippen LogP contribution in [-0.2, 0) is 43.3 Å². The highest BCUT2D eigenvalue weighted by atomic mass is 35.5. The Kier molecular flexibility index (Phi) is 15.0. The molecule has 6 aromatic rings. The third-order valence-electron chi connectivity index (χ3n) is 8.86. The van der Waals surface area contributed by atoms with Crippen molar-refractivity contribution in [2.75, 3.05) is 52.7 Å². The van der Waals surface area contributed by atoms with Crippen LogP contribution in [0, 0.1) is 0 Å². The van der Waals surface area contributed by atoms with Crippen LogP contribution in [0.3, 0.4) is 0 Å². The van der Waals surface area contributed by atoms with Gasteiger partial charge in [-0.2, -0.15) is 0 Å². The molecule has 0 bridgehead atoms. The van der Waals surface area contributed by atoms with Crippen LogP contribution in [0.1, 0.15) is 39.6 Å². The number of ether oxygens (including phenoxy) is 4. The van der Waals surface area contributed by atoms with Gasteiger partial charge < -0.3 is 39.1 Å². The second-order valence-electron chi connectivity index (χ2n) is 12.8. The summed E-state index contributed by atoms with van der Waals surface area (Å²) in [6, 6.07) is 20.8. The number of hydrogen-bond donors (Lipinski definition) is 3. The zero-order valence-electron chi connectivity index (χ0n) is 30.3. The molecule has 0 saturated carbocycles. The van der Waals surface area contributed by atoms with E-state index in [1.165, 1.54) is 0 Å². The van der Waals surface area contributed by atoms with E-state index in [1.807, 2.05) is 41.2 Å². The molecule has 3 heterocycles. The fourth-order valence-corrected chi connectivity index (χ4v) is 6.51. The molecule has 1 unspecified atom stereocenters. The number of aromatic amines is 1. The number of carbonyl (C=O) groups is 2. The summed E-state index contributed by atoms with van der Waals surface area (Å²) < 4.78 is 24.9. The standard InChI is InChI=1S/C41H44Cl2N6O6/c42-32-7-9-34(36(43)24-32)39(26-49-16-13-45-28-49)55-27-30-1-5-31(6-2-30)41(51)47-15-18-53-20-22-54-21-19-52-17-14-46-40(50)10-4-29-3-8-33-35-25-44-12-11-37(35)48-38(33)23-29/h1-3,5-9,11-13,16,23-25,28,39,48H,4,10,14-15,17-22,26-27H2,(H,46,50)(H,47,51). The fraction of sp³-hybridized carbons (Fsp3) is 0.317. The molecule has 12 nitrogen and oxygen atoms in total. The summed E-state index contributed by atoms with van der Waals surface area (Å²) in [6.07, 6.45) is 9.67. The molecule has 0 aliphatic heterocycles. The molecule has 3 aromatic heterocycles. The van der Waals surface area contributed by atoms with E-state index < -0.39 is 0 Å². The second kappa shape index (κ2) is 20.7. The number of rotatable bonds is 22. The summed E-state index contributed by atoms with van der Waals surface area (Å²) in [4.78, 5) is 36.7. The van der Waals surface area contributed by atoms with E-state index in [-0.39, 0.29) is 17.9 Å². The number of imidazole rings is 1.